The fourth-order valence-electron chi connectivity index (χ4n) is 3.27. The van der Waals surface area contributed by atoms with Gasteiger partial charge in [-0.05, 0) is 38.2 Å². The van der Waals surface area contributed by atoms with Gasteiger partial charge in [0.1, 0.15) is 11.6 Å². The molecule has 0 aromatic carbocycles. The van der Waals surface area contributed by atoms with Crippen molar-refractivity contribution in [3.8, 4) is 0 Å². The third kappa shape index (κ3) is 3.71. The molecule has 0 bridgehead atoms. The van der Waals surface area contributed by atoms with Gasteiger partial charge in [0, 0.05) is 25.2 Å². The minimum absolute atomic E-state index is 0.166. The molecule has 1 N–H and O–H groups in total. The van der Waals surface area contributed by atoms with Crippen LogP contribution in [0.4, 0.5) is 5.82 Å². The highest BCUT2D eigenvalue weighted by Gasteiger charge is 2.22. The van der Waals surface area contributed by atoms with Crippen LogP contribution in [-0.2, 0) is 11.3 Å². The highest BCUT2D eigenvalue weighted by atomic mass is 16.1. The largest absolute Gasteiger partial charge is 0.357 e. The quantitative estimate of drug-likeness (QED) is 0.923. The third-order valence-corrected chi connectivity index (χ3v) is 4.52. The standard InChI is InChI=1S/C16H24N4O/c21-16(13-6-2-3-7-13)18-12-14-17-9-8-15(19-14)20-10-4-1-5-11-20/h8-9,13H,1-7,10-12H2,(H,18,21). The lowest BCUT2D eigenvalue weighted by atomic mass is 10.1. The summed E-state index contributed by atoms with van der Waals surface area (Å²) < 4.78 is 0. The molecular weight excluding hydrogens is 264 g/mol. The lowest BCUT2D eigenvalue weighted by molar-refractivity contribution is -0.125. The minimum atomic E-state index is 0.166. The van der Waals surface area contributed by atoms with Gasteiger partial charge in [0.25, 0.3) is 0 Å². The van der Waals surface area contributed by atoms with Crippen molar-refractivity contribution in [1.82, 2.24) is 15.3 Å². The van der Waals surface area contributed by atoms with Gasteiger partial charge in [-0.25, -0.2) is 9.97 Å². The van der Waals surface area contributed by atoms with Crippen molar-refractivity contribution in [3.63, 3.8) is 0 Å². The molecule has 2 heterocycles. The molecule has 114 valence electrons. The van der Waals surface area contributed by atoms with E-state index in [0.717, 1.165) is 31.7 Å². The number of aromatic nitrogens is 2. The first-order chi connectivity index (χ1) is 10.3. The van der Waals surface area contributed by atoms with Gasteiger partial charge < -0.3 is 10.2 Å². The van der Waals surface area contributed by atoms with Gasteiger partial charge >= 0.3 is 0 Å². The molecule has 2 aliphatic rings. The summed E-state index contributed by atoms with van der Waals surface area (Å²) in [6, 6.07) is 1.97. The Labute approximate surface area is 126 Å². The van der Waals surface area contributed by atoms with E-state index in [4.69, 9.17) is 0 Å². The lowest BCUT2D eigenvalue weighted by Gasteiger charge is -2.27. The smallest absolute Gasteiger partial charge is 0.223 e. The van der Waals surface area contributed by atoms with Gasteiger partial charge in [-0.2, -0.15) is 0 Å². The van der Waals surface area contributed by atoms with Crippen LogP contribution >= 0.6 is 0 Å². The summed E-state index contributed by atoms with van der Waals surface area (Å²) in [5.41, 5.74) is 0. The Morgan fingerprint density at radius 3 is 2.71 bits per heavy atom. The summed E-state index contributed by atoms with van der Waals surface area (Å²) >= 11 is 0. The fourth-order valence-corrected chi connectivity index (χ4v) is 3.27. The first kappa shape index (κ1) is 14.3. The highest BCUT2D eigenvalue weighted by molar-refractivity contribution is 5.78. The van der Waals surface area contributed by atoms with Crippen LogP contribution in [0.25, 0.3) is 0 Å². The van der Waals surface area contributed by atoms with E-state index in [-0.39, 0.29) is 11.8 Å². The summed E-state index contributed by atoms with van der Waals surface area (Å²) in [4.78, 5) is 23.2. The average molecular weight is 288 g/mol. The number of nitrogens with zero attached hydrogens (tertiary/aromatic N) is 3. The molecule has 21 heavy (non-hydrogen) atoms. The van der Waals surface area contributed by atoms with Crippen molar-refractivity contribution in [2.75, 3.05) is 18.0 Å². The number of amides is 1. The van der Waals surface area contributed by atoms with Crippen molar-refractivity contribution < 1.29 is 4.79 Å². The number of anilines is 1. The van der Waals surface area contributed by atoms with E-state index in [1.54, 1.807) is 6.20 Å². The SMILES string of the molecule is O=C(NCc1nccc(N2CCCCC2)n1)C1CCCC1. The molecule has 0 radical (unpaired) electrons. The van der Waals surface area contributed by atoms with Gasteiger partial charge in [-0.1, -0.05) is 12.8 Å². The maximum Gasteiger partial charge on any atom is 0.223 e. The van der Waals surface area contributed by atoms with Crippen LogP contribution in [0.2, 0.25) is 0 Å². The Morgan fingerprint density at radius 1 is 1.19 bits per heavy atom. The zero-order valence-corrected chi connectivity index (χ0v) is 12.6. The van der Waals surface area contributed by atoms with Gasteiger partial charge in [0.05, 0.1) is 6.54 Å². The Kier molecular flexibility index (Phi) is 4.68. The van der Waals surface area contributed by atoms with E-state index in [1.165, 1.54) is 32.1 Å². The van der Waals surface area contributed by atoms with E-state index in [2.05, 4.69) is 20.2 Å². The van der Waals surface area contributed by atoms with Crippen molar-refractivity contribution in [2.24, 2.45) is 5.92 Å². The van der Waals surface area contributed by atoms with E-state index >= 15 is 0 Å². The molecule has 3 rings (SSSR count). The molecule has 2 fully saturated rings. The molecule has 0 spiro atoms. The number of nitrogens with one attached hydrogen (secondary N) is 1. The third-order valence-electron chi connectivity index (χ3n) is 4.52. The molecule has 1 amide bonds. The maximum absolute atomic E-state index is 12.0. The van der Waals surface area contributed by atoms with Crippen LogP contribution in [0.1, 0.15) is 50.8 Å². The molecule has 1 saturated heterocycles. The summed E-state index contributed by atoms with van der Waals surface area (Å²) in [5, 5.41) is 2.99. The number of hydrogen-bond donors (Lipinski definition) is 1. The first-order valence-corrected chi connectivity index (χ1v) is 8.17. The summed E-state index contributed by atoms with van der Waals surface area (Å²) in [7, 11) is 0. The van der Waals surface area contributed by atoms with Crippen LogP contribution in [0.15, 0.2) is 12.3 Å². The Bertz CT molecular complexity index is 479. The highest BCUT2D eigenvalue weighted by Crippen LogP contribution is 2.24. The summed E-state index contributed by atoms with van der Waals surface area (Å²) in [6.45, 7) is 2.59. The molecular formula is C16H24N4O. The van der Waals surface area contributed by atoms with Crippen molar-refractivity contribution in [1.29, 1.82) is 0 Å². The predicted molar refractivity (Wildman–Crippen MR) is 81.9 cm³/mol. The second-order valence-electron chi connectivity index (χ2n) is 6.08. The molecule has 1 aromatic heterocycles. The van der Waals surface area contributed by atoms with Crippen molar-refractivity contribution >= 4 is 11.7 Å². The van der Waals surface area contributed by atoms with E-state index in [0.29, 0.717) is 12.4 Å². The molecule has 1 aliphatic carbocycles. The van der Waals surface area contributed by atoms with Crippen LogP contribution in [0.5, 0.6) is 0 Å². The Balaban J connectivity index is 1.56. The van der Waals surface area contributed by atoms with Gasteiger partial charge in [0.2, 0.25) is 5.91 Å². The Hall–Kier alpha value is -1.65. The molecule has 1 saturated carbocycles. The zero-order chi connectivity index (χ0) is 14.5. The Morgan fingerprint density at radius 2 is 1.95 bits per heavy atom. The molecule has 5 nitrogen and oxygen atoms in total. The fraction of sp³-hybridized carbons (Fsp3) is 0.688. The second-order valence-corrected chi connectivity index (χ2v) is 6.08. The van der Waals surface area contributed by atoms with Crippen LogP contribution in [0, 0.1) is 5.92 Å². The predicted octanol–water partition coefficient (Wildman–Crippen LogP) is 2.27. The van der Waals surface area contributed by atoms with E-state index in [1.807, 2.05) is 6.07 Å². The van der Waals surface area contributed by atoms with Gasteiger partial charge in [-0.15, -0.1) is 0 Å². The summed E-state index contributed by atoms with van der Waals surface area (Å²) in [5.74, 6) is 2.08. The monoisotopic (exact) mass is 288 g/mol. The number of carbonyl (C=O) groups is 1. The number of piperidine rings is 1. The molecule has 0 unspecified atom stereocenters. The van der Waals surface area contributed by atoms with Gasteiger partial charge in [0.15, 0.2) is 0 Å². The topological polar surface area (TPSA) is 58.1 Å². The minimum Gasteiger partial charge on any atom is -0.357 e. The number of hydrogen-bond acceptors (Lipinski definition) is 4. The average Bonchev–Trinajstić information content (AvgIpc) is 3.08. The number of rotatable bonds is 4. The van der Waals surface area contributed by atoms with Crippen LogP contribution in [0.3, 0.4) is 0 Å². The lowest BCUT2D eigenvalue weighted by Crippen LogP contribution is -2.32. The molecule has 1 aliphatic heterocycles. The maximum atomic E-state index is 12.0. The van der Waals surface area contributed by atoms with E-state index < -0.39 is 0 Å². The van der Waals surface area contributed by atoms with E-state index in [9.17, 15) is 4.79 Å². The van der Waals surface area contributed by atoms with Crippen LogP contribution in [-0.4, -0.2) is 29.0 Å². The molecule has 1 aromatic rings. The molecule has 0 atom stereocenters. The van der Waals surface area contributed by atoms with Crippen LogP contribution < -0.4 is 10.2 Å². The van der Waals surface area contributed by atoms with Gasteiger partial charge in [-0.3, -0.25) is 4.79 Å². The second kappa shape index (κ2) is 6.87. The summed E-state index contributed by atoms with van der Waals surface area (Å²) in [6.07, 6.45) is 9.99. The normalized spacial score (nSPS) is 19.7. The van der Waals surface area contributed by atoms with Crippen molar-refractivity contribution in [3.05, 3.63) is 18.1 Å². The molecule has 5 heteroatoms. The number of carbonyl (C=O) groups excluding carboxylic acids is 1. The van der Waals surface area contributed by atoms with Crippen molar-refractivity contribution in [2.45, 2.75) is 51.5 Å². The first-order valence-electron chi connectivity index (χ1n) is 8.17. The zero-order valence-electron chi connectivity index (χ0n) is 12.6.